The molecule has 0 unspecified atom stereocenters. The van der Waals surface area contributed by atoms with Crippen molar-refractivity contribution < 1.29 is 14.3 Å². The number of carbonyl (C=O) groups is 2. The number of nitrogens with one attached hydrogen (secondary N) is 1. The highest BCUT2D eigenvalue weighted by Gasteiger charge is 2.19. The fraction of sp³-hybridized carbons (Fsp3) is 0.476. The van der Waals surface area contributed by atoms with Gasteiger partial charge >= 0.3 is 0 Å². The van der Waals surface area contributed by atoms with Gasteiger partial charge in [0.1, 0.15) is 5.75 Å². The summed E-state index contributed by atoms with van der Waals surface area (Å²) in [7, 11) is 3.23. The van der Waals surface area contributed by atoms with E-state index in [0.29, 0.717) is 17.4 Å². The van der Waals surface area contributed by atoms with E-state index in [4.69, 9.17) is 4.74 Å². The first-order chi connectivity index (χ1) is 13.2. The predicted molar refractivity (Wildman–Crippen MR) is 110 cm³/mol. The van der Waals surface area contributed by atoms with E-state index in [0.717, 1.165) is 23.5 Å². The van der Waals surface area contributed by atoms with Gasteiger partial charge in [0.15, 0.2) is 0 Å². The number of nitrogens with zero attached hydrogens (tertiary/aromatic N) is 3. The third-order valence-corrected chi connectivity index (χ3v) is 4.58. The molecule has 0 fully saturated rings. The zero-order valence-electron chi connectivity index (χ0n) is 17.6. The maximum absolute atomic E-state index is 12.6. The summed E-state index contributed by atoms with van der Waals surface area (Å²) in [6, 6.07) is 7.05. The van der Waals surface area contributed by atoms with Crippen LogP contribution in [0.1, 0.15) is 30.8 Å². The van der Waals surface area contributed by atoms with Crippen molar-refractivity contribution in [1.82, 2.24) is 14.7 Å². The summed E-state index contributed by atoms with van der Waals surface area (Å²) in [6.45, 7) is 8.99. The lowest BCUT2D eigenvalue weighted by Crippen LogP contribution is -2.36. The molecule has 0 spiro atoms. The first-order valence-corrected chi connectivity index (χ1v) is 9.42. The van der Waals surface area contributed by atoms with Gasteiger partial charge in [-0.3, -0.25) is 14.3 Å². The van der Waals surface area contributed by atoms with Crippen molar-refractivity contribution >= 4 is 17.5 Å². The Morgan fingerprint density at radius 1 is 1.21 bits per heavy atom. The molecule has 0 atom stereocenters. The van der Waals surface area contributed by atoms with Gasteiger partial charge in [0, 0.05) is 30.5 Å². The summed E-state index contributed by atoms with van der Waals surface area (Å²) in [4.78, 5) is 26.3. The highest BCUT2D eigenvalue weighted by atomic mass is 16.5. The number of aromatic nitrogens is 2. The van der Waals surface area contributed by atoms with Crippen LogP contribution < -0.4 is 10.1 Å². The fourth-order valence-electron chi connectivity index (χ4n) is 2.98. The number of likely N-dealkylation sites (N-methyl/N-ethyl adjacent to an activating group) is 1. The topological polar surface area (TPSA) is 76.5 Å². The summed E-state index contributed by atoms with van der Waals surface area (Å²) in [5.74, 6) is 0.838. The largest absolute Gasteiger partial charge is 0.497 e. The molecule has 7 nitrogen and oxygen atoms in total. The smallest absolute Gasteiger partial charge is 0.243 e. The van der Waals surface area contributed by atoms with Crippen LogP contribution in [0, 0.1) is 19.8 Å². The molecule has 0 aliphatic carbocycles. The van der Waals surface area contributed by atoms with E-state index >= 15 is 0 Å². The normalized spacial score (nSPS) is 10.8. The SMILES string of the molecule is COc1ccc(NC(=O)CN(C)C(=O)Cc2c(C)nn(CC(C)C)c2C)cc1. The van der Waals surface area contributed by atoms with E-state index < -0.39 is 0 Å². The fourth-order valence-corrected chi connectivity index (χ4v) is 2.98. The first-order valence-electron chi connectivity index (χ1n) is 9.42. The van der Waals surface area contributed by atoms with Crippen LogP contribution in [0.15, 0.2) is 24.3 Å². The summed E-state index contributed by atoms with van der Waals surface area (Å²) < 4.78 is 7.05. The maximum atomic E-state index is 12.6. The Hall–Kier alpha value is -2.83. The van der Waals surface area contributed by atoms with Crippen LogP contribution in [0.5, 0.6) is 5.75 Å². The lowest BCUT2D eigenvalue weighted by Gasteiger charge is -2.17. The molecule has 1 aromatic carbocycles. The molecule has 2 aromatic rings. The Labute approximate surface area is 166 Å². The van der Waals surface area contributed by atoms with Crippen LogP contribution in [0.4, 0.5) is 5.69 Å². The third-order valence-electron chi connectivity index (χ3n) is 4.58. The van der Waals surface area contributed by atoms with Crippen LogP contribution in [-0.2, 0) is 22.6 Å². The minimum absolute atomic E-state index is 0.0108. The van der Waals surface area contributed by atoms with Crippen molar-refractivity contribution in [3.8, 4) is 5.75 Å². The molecular formula is C21H30N4O3. The van der Waals surface area contributed by atoms with E-state index in [1.54, 1.807) is 38.4 Å². The molecule has 0 saturated carbocycles. The molecular weight excluding hydrogens is 356 g/mol. The second-order valence-corrected chi connectivity index (χ2v) is 7.43. The van der Waals surface area contributed by atoms with Crippen molar-refractivity contribution in [2.75, 3.05) is 26.0 Å². The number of hydrogen-bond donors (Lipinski definition) is 1. The van der Waals surface area contributed by atoms with Crippen LogP contribution in [0.25, 0.3) is 0 Å². The molecule has 0 saturated heterocycles. The van der Waals surface area contributed by atoms with Gasteiger partial charge in [0.2, 0.25) is 11.8 Å². The van der Waals surface area contributed by atoms with Crippen molar-refractivity contribution in [2.24, 2.45) is 5.92 Å². The standard InChI is InChI=1S/C21H30N4O3/c1-14(2)12-25-16(4)19(15(3)23-25)11-21(27)24(5)13-20(26)22-17-7-9-18(28-6)10-8-17/h7-10,14H,11-13H2,1-6H3,(H,22,26). The number of ether oxygens (including phenoxy) is 1. The van der Waals surface area contributed by atoms with Crippen molar-refractivity contribution in [3.05, 3.63) is 41.2 Å². The van der Waals surface area contributed by atoms with Gasteiger partial charge in [-0.15, -0.1) is 0 Å². The Kier molecular flexibility index (Phi) is 7.20. The highest BCUT2D eigenvalue weighted by molar-refractivity contribution is 5.94. The van der Waals surface area contributed by atoms with E-state index in [1.165, 1.54) is 4.90 Å². The van der Waals surface area contributed by atoms with Gasteiger partial charge in [-0.05, 0) is 44.0 Å². The number of hydrogen-bond acceptors (Lipinski definition) is 4. The highest BCUT2D eigenvalue weighted by Crippen LogP contribution is 2.17. The van der Waals surface area contributed by atoms with Gasteiger partial charge in [-0.1, -0.05) is 13.8 Å². The molecule has 2 rings (SSSR count). The van der Waals surface area contributed by atoms with Crippen molar-refractivity contribution in [1.29, 1.82) is 0 Å². The molecule has 0 bridgehead atoms. The minimum Gasteiger partial charge on any atom is -0.497 e. The minimum atomic E-state index is -0.245. The van der Waals surface area contributed by atoms with Gasteiger partial charge in [0.05, 0.1) is 25.8 Å². The van der Waals surface area contributed by atoms with Gasteiger partial charge in [0.25, 0.3) is 0 Å². The first kappa shape index (κ1) is 21.5. The van der Waals surface area contributed by atoms with Crippen LogP contribution >= 0.6 is 0 Å². The Bertz CT molecular complexity index is 825. The van der Waals surface area contributed by atoms with Gasteiger partial charge < -0.3 is 15.0 Å². The molecule has 1 heterocycles. The average molecular weight is 386 g/mol. The number of methoxy groups -OCH3 is 1. The van der Waals surface area contributed by atoms with Gasteiger partial charge in [-0.25, -0.2) is 0 Å². The number of rotatable bonds is 8. The van der Waals surface area contributed by atoms with Crippen LogP contribution in [-0.4, -0.2) is 47.2 Å². The molecule has 0 aliphatic heterocycles. The molecule has 1 aromatic heterocycles. The maximum Gasteiger partial charge on any atom is 0.243 e. The van der Waals surface area contributed by atoms with E-state index in [9.17, 15) is 9.59 Å². The lowest BCUT2D eigenvalue weighted by molar-refractivity contribution is -0.132. The molecule has 2 amide bonds. The van der Waals surface area contributed by atoms with E-state index in [-0.39, 0.29) is 24.8 Å². The Morgan fingerprint density at radius 2 is 1.86 bits per heavy atom. The van der Waals surface area contributed by atoms with E-state index in [2.05, 4.69) is 24.3 Å². The average Bonchev–Trinajstić information content (AvgIpc) is 2.89. The van der Waals surface area contributed by atoms with Gasteiger partial charge in [-0.2, -0.15) is 5.10 Å². The third kappa shape index (κ3) is 5.58. The monoisotopic (exact) mass is 386 g/mol. The molecule has 152 valence electrons. The quantitative estimate of drug-likeness (QED) is 0.757. The number of amides is 2. The zero-order chi connectivity index (χ0) is 20.8. The van der Waals surface area contributed by atoms with Crippen molar-refractivity contribution in [2.45, 2.75) is 40.7 Å². The molecule has 1 N–H and O–H groups in total. The number of benzene rings is 1. The summed E-state index contributed by atoms with van der Waals surface area (Å²) in [6.07, 6.45) is 0.238. The summed E-state index contributed by atoms with van der Waals surface area (Å²) in [5.41, 5.74) is 3.47. The molecule has 0 aliphatic rings. The second kappa shape index (κ2) is 9.39. The Morgan fingerprint density at radius 3 is 2.43 bits per heavy atom. The summed E-state index contributed by atoms with van der Waals surface area (Å²) in [5, 5.41) is 7.34. The van der Waals surface area contributed by atoms with Crippen LogP contribution in [0.2, 0.25) is 0 Å². The molecule has 28 heavy (non-hydrogen) atoms. The zero-order valence-corrected chi connectivity index (χ0v) is 17.6. The lowest BCUT2D eigenvalue weighted by atomic mass is 10.1. The second-order valence-electron chi connectivity index (χ2n) is 7.43. The summed E-state index contributed by atoms with van der Waals surface area (Å²) >= 11 is 0. The Balaban J connectivity index is 1.95. The number of anilines is 1. The number of carbonyl (C=O) groups excluding carboxylic acids is 2. The molecule has 7 heteroatoms. The van der Waals surface area contributed by atoms with E-state index in [1.807, 2.05) is 18.5 Å². The van der Waals surface area contributed by atoms with Crippen LogP contribution in [0.3, 0.4) is 0 Å². The number of aryl methyl sites for hydroxylation is 1. The molecule has 0 radical (unpaired) electrons. The predicted octanol–water partition coefficient (Wildman–Crippen LogP) is 2.80. The van der Waals surface area contributed by atoms with Crippen molar-refractivity contribution in [3.63, 3.8) is 0 Å².